The summed E-state index contributed by atoms with van der Waals surface area (Å²) in [6.07, 6.45) is 0. The van der Waals surface area contributed by atoms with E-state index < -0.39 is 0 Å². The Kier molecular flexibility index (Phi) is 5.38. The number of hydrogen-bond donors (Lipinski definition) is 1. The van der Waals surface area contributed by atoms with Crippen molar-refractivity contribution >= 4 is 34.0 Å². The molecule has 1 N–H and O–H groups in total. The third-order valence-electron chi connectivity index (χ3n) is 2.90. The van der Waals surface area contributed by atoms with Crippen molar-refractivity contribution in [2.75, 3.05) is 11.9 Å². The van der Waals surface area contributed by atoms with E-state index in [4.69, 9.17) is 4.74 Å². The second kappa shape index (κ2) is 7.26. The number of ether oxygens (including phenoxy) is 1. The van der Waals surface area contributed by atoms with E-state index in [1.54, 1.807) is 6.07 Å². The predicted molar refractivity (Wildman–Crippen MR) is 90.8 cm³/mol. The Bertz CT molecular complexity index is 647. The van der Waals surface area contributed by atoms with Crippen LogP contribution in [0.15, 0.2) is 42.5 Å². The first-order valence-corrected chi connectivity index (χ1v) is 7.58. The third-order valence-corrected chi connectivity index (χ3v) is 3.79. The lowest BCUT2D eigenvalue weighted by Crippen LogP contribution is -2.07. The smallest absolute Gasteiger partial charge is 0.292 e. The average Bonchev–Trinajstić information content (AvgIpc) is 2.47. The van der Waals surface area contributed by atoms with E-state index in [-0.39, 0.29) is 17.2 Å². The molecule has 0 atom stereocenters. The van der Waals surface area contributed by atoms with Gasteiger partial charge in [-0.1, -0.05) is 24.3 Å². The average molecular weight is 398 g/mol. The minimum absolute atomic E-state index is 0.0701. The van der Waals surface area contributed by atoms with E-state index in [0.29, 0.717) is 12.2 Å². The standard InChI is InChI=1S/C15H15IN2O3/c1-2-17-15-11(6-5-8-13(15)18(19)20)10-21-14-9-4-3-7-12(14)16/h3-9,17H,2,10H2,1H3. The molecule has 0 bridgehead atoms. The number of anilines is 1. The molecule has 0 heterocycles. The summed E-state index contributed by atoms with van der Waals surface area (Å²) in [6, 6.07) is 12.7. The first-order chi connectivity index (χ1) is 10.1. The van der Waals surface area contributed by atoms with Gasteiger partial charge in [0, 0.05) is 18.2 Å². The van der Waals surface area contributed by atoms with Crippen LogP contribution in [0.5, 0.6) is 5.75 Å². The summed E-state index contributed by atoms with van der Waals surface area (Å²) in [4.78, 5) is 10.7. The number of halogens is 1. The highest BCUT2D eigenvalue weighted by Gasteiger charge is 2.17. The molecule has 21 heavy (non-hydrogen) atoms. The first kappa shape index (κ1) is 15.6. The number of nitrogens with zero attached hydrogens (tertiary/aromatic N) is 1. The molecule has 0 aliphatic carbocycles. The molecule has 110 valence electrons. The summed E-state index contributed by atoms with van der Waals surface area (Å²) in [5.74, 6) is 0.770. The van der Waals surface area contributed by atoms with E-state index in [9.17, 15) is 10.1 Å². The fourth-order valence-corrected chi connectivity index (χ4v) is 2.50. The van der Waals surface area contributed by atoms with Crippen LogP contribution in [0.25, 0.3) is 0 Å². The van der Waals surface area contributed by atoms with Crippen LogP contribution < -0.4 is 10.1 Å². The lowest BCUT2D eigenvalue weighted by Gasteiger charge is -2.13. The molecule has 2 aromatic rings. The normalized spacial score (nSPS) is 10.2. The molecule has 0 radical (unpaired) electrons. The number of nitro groups is 1. The largest absolute Gasteiger partial charge is 0.488 e. The van der Waals surface area contributed by atoms with Crippen LogP contribution in [-0.4, -0.2) is 11.5 Å². The van der Waals surface area contributed by atoms with Crippen LogP contribution >= 0.6 is 22.6 Å². The van der Waals surface area contributed by atoms with Gasteiger partial charge in [0.15, 0.2) is 0 Å². The molecule has 2 aromatic carbocycles. The molecule has 0 aromatic heterocycles. The van der Waals surface area contributed by atoms with Gasteiger partial charge in [0.2, 0.25) is 0 Å². The summed E-state index contributed by atoms with van der Waals surface area (Å²) in [6.45, 7) is 2.80. The Morgan fingerprint density at radius 1 is 1.24 bits per heavy atom. The molecule has 0 unspecified atom stereocenters. The monoisotopic (exact) mass is 398 g/mol. The minimum Gasteiger partial charge on any atom is -0.488 e. The van der Waals surface area contributed by atoms with E-state index in [2.05, 4.69) is 27.9 Å². The number of rotatable bonds is 6. The van der Waals surface area contributed by atoms with Crippen molar-refractivity contribution in [3.05, 3.63) is 61.7 Å². The van der Waals surface area contributed by atoms with Crippen LogP contribution in [0.2, 0.25) is 0 Å². The Morgan fingerprint density at radius 2 is 2.00 bits per heavy atom. The number of hydrogen-bond acceptors (Lipinski definition) is 4. The minimum atomic E-state index is -0.381. The highest BCUT2D eigenvalue weighted by atomic mass is 127. The second-order valence-corrected chi connectivity index (χ2v) is 5.48. The van der Waals surface area contributed by atoms with Gasteiger partial charge in [-0.15, -0.1) is 0 Å². The van der Waals surface area contributed by atoms with E-state index in [0.717, 1.165) is 14.9 Å². The van der Waals surface area contributed by atoms with Gasteiger partial charge < -0.3 is 10.1 Å². The summed E-state index contributed by atoms with van der Waals surface area (Å²) < 4.78 is 6.78. The van der Waals surface area contributed by atoms with Crippen LogP contribution in [0.4, 0.5) is 11.4 Å². The molecule has 0 saturated heterocycles. The van der Waals surface area contributed by atoms with Crippen molar-refractivity contribution < 1.29 is 9.66 Å². The van der Waals surface area contributed by atoms with Crippen molar-refractivity contribution in [2.45, 2.75) is 13.5 Å². The van der Waals surface area contributed by atoms with Crippen LogP contribution in [0.1, 0.15) is 12.5 Å². The predicted octanol–water partition coefficient (Wildman–Crippen LogP) is 4.21. The molecule has 0 spiro atoms. The number of nitrogens with one attached hydrogen (secondary N) is 1. The van der Waals surface area contributed by atoms with Gasteiger partial charge in [-0.25, -0.2) is 0 Å². The molecule has 0 aliphatic rings. The number of benzene rings is 2. The molecule has 0 aliphatic heterocycles. The summed E-state index contributed by atoms with van der Waals surface area (Å²) in [7, 11) is 0. The lowest BCUT2D eigenvalue weighted by molar-refractivity contribution is -0.384. The zero-order valence-corrected chi connectivity index (χ0v) is 13.7. The van der Waals surface area contributed by atoms with Gasteiger partial charge in [-0.3, -0.25) is 10.1 Å². The first-order valence-electron chi connectivity index (χ1n) is 6.51. The number of para-hydroxylation sites is 2. The molecule has 5 nitrogen and oxygen atoms in total. The van der Waals surface area contributed by atoms with Crippen molar-refractivity contribution in [3.63, 3.8) is 0 Å². The lowest BCUT2D eigenvalue weighted by atomic mass is 10.1. The van der Waals surface area contributed by atoms with Crippen LogP contribution in [0.3, 0.4) is 0 Å². The fraction of sp³-hybridized carbons (Fsp3) is 0.200. The maximum atomic E-state index is 11.1. The SMILES string of the molecule is CCNc1c(COc2ccccc2I)cccc1[N+](=O)[O-]. The number of nitro benzene ring substituents is 1. The van der Waals surface area contributed by atoms with Gasteiger partial charge in [0.1, 0.15) is 18.0 Å². The zero-order valence-electron chi connectivity index (χ0n) is 11.5. The van der Waals surface area contributed by atoms with Crippen LogP contribution in [0, 0.1) is 13.7 Å². The second-order valence-electron chi connectivity index (χ2n) is 4.32. The molecule has 0 fully saturated rings. The topological polar surface area (TPSA) is 64.4 Å². The fourth-order valence-electron chi connectivity index (χ4n) is 1.96. The van der Waals surface area contributed by atoms with Crippen LogP contribution in [-0.2, 0) is 6.61 Å². The molecule has 6 heteroatoms. The third kappa shape index (κ3) is 3.84. The van der Waals surface area contributed by atoms with E-state index >= 15 is 0 Å². The van der Waals surface area contributed by atoms with Gasteiger partial charge in [0.05, 0.1) is 8.49 Å². The van der Waals surface area contributed by atoms with Gasteiger partial charge in [-0.2, -0.15) is 0 Å². The molecular weight excluding hydrogens is 383 g/mol. The molecule has 0 saturated carbocycles. The molecule has 0 amide bonds. The highest BCUT2D eigenvalue weighted by molar-refractivity contribution is 14.1. The van der Waals surface area contributed by atoms with Crippen molar-refractivity contribution in [3.8, 4) is 5.75 Å². The van der Waals surface area contributed by atoms with Gasteiger partial charge in [0.25, 0.3) is 5.69 Å². The Morgan fingerprint density at radius 3 is 2.67 bits per heavy atom. The zero-order chi connectivity index (χ0) is 15.2. The summed E-state index contributed by atoms with van der Waals surface area (Å²) >= 11 is 2.20. The molecular formula is C15H15IN2O3. The van der Waals surface area contributed by atoms with Crippen molar-refractivity contribution in [2.24, 2.45) is 0 Å². The van der Waals surface area contributed by atoms with Gasteiger partial charge in [-0.05, 0) is 41.6 Å². The maximum absolute atomic E-state index is 11.1. The Labute approximate surface area is 136 Å². The Balaban J connectivity index is 2.25. The van der Waals surface area contributed by atoms with Crippen molar-refractivity contribution in [1.82, 2.24) is 0 Å². The highest BCUT2D eigenvalue weighted by Crippen LogP contribution is 2.29. The van der Waals surface area contributed by atoms with E-state index in [1.807, 2.05) is 37.3 Å². The molecule has 2 rings (SSSR count). The maximum Gasteiger partial charge on any atom is 0.292 e. The van der Waals surface area contributed by atoms with Crippen molar-refractivity contribution in [1.29, 1.82) is 0 Å². The summed E-state index contributed by atoms with van der Waals surface area (Å²) in [5.41, 5.74) is 1.36. The Hall–Kier alpha value is -1.83. The quantitative estimate of drug-likeness (QED) is 0.450. The summed E-state index contributed by atoms with van der Waals surface area (Å²) in [5, 5.41) is 14.2. The van der Waals surface area contributed by atoms with E-state index in [1.165, 1.54) is 6.07 Å². The van der Waals surface area contributed by atoms with Gasteiger partial charge >= 0.3 is 0 Å².